The second-order valence-corrected chi connectivity index (χ2v) is 2.93. The summed E-state index contributed by atoms with van der Waals surface area (Å²) in [4.78, 5) is 14.1. The molecule has 76 valence electrons. The zero-order valence-electron chi connectivity index (χ0n) is 7.71. The number of carboxylic acid groups (broad SMARTS) is 1. The molecule has 0 saturated heterocycles. The molecule has 0 fully saturated rings. The zero-order valence-corrected chi connectivity index (χ0v) is 7.71. The quantitative estimate of drug-likeness (QED) is 0.798. The van der Waals surface area contributed by atoms with Crippen LogP contribution in [0.1, 0.15) is 33.7 Å². The molecule has 1 aromatic rings. The molecule has 0 aliphatic carbocycles. The van der Waals surface area contributed by atoms with Crippen LogP contribution in [0.25, 0.3) is 0 Å². The van der Waals surface area contributed by atoms with Gasteiger partial charge in [0.1, 0.15) is 5.69 Å². The Morgan fingerprint density at radius 3 is 2.43 bits per heavy atom. The average Bonchev–Trinajstić information content (AvgIpc) is 2.01. The van der Waals surface area contributed by atoms with Gasteiger partial charge in [-0.2, -0.15) is 0 Å². The molecule has 1 rings (SSSR count). The van der Waals surface area contributed by atoms with E-state index >= 15 is 0 Å². The van der Waals surface area contributed by atoms with Crippen LogP contribution < -0.4 is 0 Å². The molecule has 0 bridgehead atoms. The number of carboxylic acids is 1. The highest BCUT2D eigenvalue weighted by molar-refractivity contribution is 5.85. The number of alkyl halides is 2. The van der Waals surface area contributed by atoms with E-state index < -0.39 is 12.4 Å². The number of hydrogen-bond acceptors (Lipinski definition) is 2. The van der Waals surface area contributed by atoms with Crippen LogP contribution in [0.3, 0.4) is 0 Å². The van der Waals surface area contributed by atoms with Crippen molar-refractivity contribution in [1.82, 2.24) is 4.98 Å². The highest BCUT2D eigenvalue weighted by atomic mass is 19.3. The van der Waals surface area contributed by atoms with E-state index in [0.29, 0.717) is 0 Å². The van der Waals surface area contributed by atoms with Crippen molar-refractivity contribution in [3.8, 4) is 0 Å². The molecule has 0 radical (unpaired) electrons. The maximum Gasteiger partial charge on any atom is 0.354 e. The molecule has 14 heavy (non-hydrogen) atoms. The molecule has 0 aliphatic rings. The van der Waals surface area contributed by atoms with Gasteiger partial charge in [0, 0.05) is 11.3 Å². The summed E-state index contributed by atoms with van der Waals surface area (Å²) in [6.45, 7) is 2.82. The van der Waals surface area contributed by atoms with Gasteiger partial charge in [0.15, 0.2) is 0 Å². The number of rotatable bonds is 2. The van der Waals surface area contributed by atoms with E-state index in [4.69, 9.17) is 5.11 Å². The van der Waals surface area contributed by atoms with Crippen LogP contribution >= 0.6 is 0 Å². The molecular formula is C9H9F2NO2. The van der Waals surface area contributed by atoms with Crippen LogP contribution in [0.5, 0.6) is 0 Å². The number of halogens is 2. The summed E-state index contributed by atoms with van der Waals surface area (Å²) in [6.07, 6.45) is -2.62. The minimum Gasteiger partial charge on any atom is -0.477 e. The van der Waals surface area contributed by atoms with Gasteiger partial charge in [-0.05, 0) is 25.5 Å². The lowest BCUT2D eigenvalue weighted by Crippen LogP contribution is -2.06. The molecule has 0 amide bonds. The first kappa shape index (κ1) is 10.6. The number of nitrogens with zero attached hydrogens (tertiary/aromatic N) is 1. The molecule has 3 nitrogen and oxygen atoms in total. The van der Waals surface area contributed by atoms with E-state index in [1.807, 2.05) is 0 Å². The van der Waals surface area contributed by atoms with Crippen molar-refractivity contribution in [2.24, 2.45) is 0 Å². The second-order valence-electron chi connectivity index (χ2n) is 2.93. The minimum absolute atomic E-state index is 0.0670. The van der Waals surface area contributed by atoms with Gasteiger partial charge in [-0.3, -0.25) is 0 Å². The zero-order chi connectivity index (χ0) is 10.9. The van der Waals surface area contributed by atoms with Crippen molar-refractivity contribution >= 4 is 5.97 Å². The Labute approximate surface area is 79.4 Å². The second kappa shape index (κ2) is 3.69. The summed E-state index contributed by atoms with van der Waals surface area (Å²) >= 11 is 0. The van der Waals surface area contributed by atoms with E-state index in [-0.39, 0.29) is 22.5 Å². The molecule has 0 aliphatic heterocycles. The lowest BCUT2D eigenvalue weighted by Gasteiger charge is -2.08. The number of pyridine rings is 1. The van der Waals surface area contributed by atoms with Crippen LogP contribution in [0.2, 0.25) is 0 Å². The number of carbonyl (C=O) groups is 1. The Morgan fingerprint density at radius 2 is 2.07 bits per heavy atom. The van der Waals surface area contributed by atoms with Crippen molar-refractivity contribution in [2.45, 2.75) is 20.3 Å². The lowest BCUT2D eigenvalue weighted by molar-refractivity contribution is 0.0689. The predicted octanol–water partition coefficient (Wildman–Crippen LogP) is 2.33. The fourth-order valence-electron chi connectivity index (χ4n) is 1.28. The molecule has 0 spiro atoms. The highest BCUT2D eigenvalue weighted by Crippen LogP contribution is 2.25. The third kappa shape index (κ3) is 1.86. The third-order valence-electron chi connectivity index (χ3n) is 1.89. The minimum atomic E-state index is -2.62. The predicted molar refractivity (Wildman–Crippen MR) is 45.6 cm³/mol. The van der Waals surface area contributed by atoms with E-state index in [2.05, 4.69) is 4.98 Å². The van der Waals surface area contributed by atoms with E-state index in [1.165, 1.54) is 13.8 Å². The maximum absolute atomic E-state index is 12.4. The fourth-order valence-corrected chi connectivity index (χ4v) is 1.28. The summed E-state index contributed by atoms with van der Waals surface area (Å²) < 4.78 is 24.9. The van der Waals surface area contributed by atoms with Crippen LogP contribution in [-0.4, -0.2) is 16.1 Å². The van der Waals surface area contributed by atoms with Crippen molar-refractivity contribution in [1.29, 1.82) is 0 Å². The monoisotopic (exact) mass is 201 g/mol. The standard InChI is InChI=1S/C9H9F2NO2/c1-4-3-6(9(13)14)12-5(2)7(4)8(10)11/h3,8H,1-2H3,(H,13,14). The van der Waals surface area contributed by atoms with Crippen molar-refractivity contribution in [3.63, 3.8) is 0 Å². The van der Waals surface area contributed by atoms with Gasteiger partial charge >= 0.3 is 5.97 Å². The van der Waals surface area contributed by atoms with Crippen molar-refractivity contribution in [3.05, 3.63) is 28.6 Å². The molecule has 0 unspecified atom stereocenters. The molecule has 1 heterocycles. The molecule has 1 N–H and O–H groups in total. The van der Waals surface area contributed by atoms with Crippen LogP contribution in [-0.2, 0) is 0 Å². The first-order valence-electron chi connectivity index (χ1n) is 3.93. The van der Waals surface area contributed by atoms with E-state index in [9.17, 15) is 13.6 Å². The normalized spacial score (nSPS) is 10.6. The van der Waals surface area contributed by atoms with Gasteiger partial charge in [0.2, 0.25) is 0 Å². The van der Waals surface area contributed by atoms with E-state index in [0.717, 1.165) is 6.07 Å². The van der Waals surface area contributed by atoms with Crippen molar-refractivity contribution < 1.29 is 18.7 Å². The van der Waals surface area contributed by atoms with Gasteiger partial charge in [0.05, 0.1) is 0 Å². The smallest absolute Gasteiger partial charge is 0.354 e. The van der Waals surface area contributed by atoms with Gasteiger partial charge in [-0.25, -0.2) is 18.6 Å². The SMILES string of the molecule is Cc1cc(C(=O)O)nc(C)c1C(F)F. The third-order valence-corrected chi connectivity index (χ3v) is 1.89. The first-order valence-corrected chi connectivity index (χ1v) is 3.93. The number of aromatic nitrogens is 1. The summed E-state index contributed by atoms with van der Waals surface area (Å²) in [5.74, 6) is -1.21. The Hall–Kier alpha value is -1.52. The van der Waals surface area contributed by atoms with Gasteiger partial charge in [0.25, 0.3) is 6.43 Å². The number of hydrogen-bond donors (Lipinski definition) is 1. The molecule has 0 aromatic carbocycles. The summed E-state index contributed by atoms with van der Waals surface area (Å²) in [5, 5.41) is 8.61. The molecule has 5 heteroatoms. The Balaban J connectivity index is 3.32. The summed E-state index contributed by atoms with van der Waals surface area (Å²) in [7, 11) is 0. The van der Waals surface area contributed by atoms with E-state index in [1.54, 1.807) is 0 Å². The Bertz CT molecular complexity index is 354. The summed E-state index contributed by atoms with van der Waals surface area (Å²) in [6, 6.07) is 1.15. The number of aryl methyl sites for hydroxylation is 2. The van der Waals surface area contributed by atoms with Crippen molar-refractivity contribution in [2.75, 3.05) is 0 Å². The van der Waals surface area contributed by atoms with Crippen LogP contribution in [0.15, 0.2) is 6.07 Å². The highest BCUT2D eigenvalue weighted by Gasteiger charge is 2.17. The first-order chi connectivity index (χ1) is 6.43. The van der Waals surface area contributed by atoms with Gasteiger partial charge in [-0.1, -0.05) is 0 Å². The lowest BCUT2D eigenvalue weighted by atomic mass is 10.1. The Kier molecular flexibility index (Phi) is 2.78. The van der Waals surface area contributed by atoms with Crippen LogP contribution in [0.4, 0.5) is 8.78 Å². The topological polar surface area (TPSA) is 50.2 Å². The summed E-state index contributed by atoms with van der Waals surface area (Å²) in [5.41, 5.74) is -0.0679. The van der Waals surface area contributed by atoms with Crippen LogP contribution in [0, 0.1) is 13.8 Å². The largest absolute Gasteiger partial charge is 0.477 e. The molecule has 0 atom stereocenters. The maximum atomic E-state index is 12.4. The van der Waals surface area contributed by atoms with Gasteiger partial charge in [-0.15, -0.1) is 0 Å². The molecule has 1 aromatic heterocycles. The average molecular weight is 201 g/mol. The fraction of sp³-hybridized carbons (Fsp3) is 0.333. The molecule has 0 saturated carbocycles. The Morgan fingerprint density at radius 1 is 1.50 bits per heavy atom. The molecular weight excluding hydrogens is 192 g/mol. The number of aromatic carboxylic acids is 1. The van der Waals surface area contributed by atoms with Gasteiger partial charge < -0.3 is 5.11 Å².